The lowest BCUT2D eigenvalue weighted by atomic mass is 10.1. The van der Waals surface area contributed by atoms with E-state index in [2.05, 4.69) is 0 Å². The summed E-state index contributed by atoms with van der Waals surface area (Å²) in [4.78, 5) is 39.8. The Kier molecular flexibility index (Phi) is 5.85. The molecule has 1 atom stereocenters. The Balaban J connectivity index is 1.45. The van der Waals surface area contributed by atoms with E-state index in [4.69, 9.17) is 9.47 Å². The molecule has 9 nitrogen and oxygen atoms in total. The van der Waals surface area contributed by atoms with E-state index in [1.54, 1.807) is 11.0 Å². The maximum Gasteiger partial charge on any atom is 0.338 e. The van der Waals surface area contributed by atoms with E-state index in [0.29, 0.717) is 32.0 Å². The summed E-state index contributed by atoms with van der Waals surface area (Å²) in [6.07, 6.45) is 0.741. The van der Waals surface area contributed by atoms with Crippen molar-refractivity contribution in [3.8, 4) is 0 Å². The largest absolute Gasteiger partial charge is 0.452 e. The zero-order chi connectivity index (χ0) is 22.0. The first-order chi connectivity index (χ1) is 15.0. The summed E-state index contributed by atoms with van der Waals surface area (Å²) >= 11 is 0. The fraction of sp³-hybridized carbons (Fsp3) is 0.364. The van der Waals surface area contributed by atoms with Crippen LogP contribution in [0.2, 0.25) is 0 Å². The second-order valence-electron chi connectivity index (χ2n) is 7.58. The van der Waals surface area contributed by atoms with Gasteiger partial charge in [-0.15, -0.1) is 0 Å². The van der Waals surface area contributed by atoms with Crippen LogP contribution in [0.3, 0.4) is 0 Å². The highest BCUT2D eigenvalue weighted by Gasteiger charge is 2.31. The average molecular weight is 425 g/mol. The van der Waals surface area contributed by atoms with Gasteiger partial charge < -0.3 is 19.3 Å². The van der Waals surface area contributed by atoms with Gasteiger partial charge >= 0.3 is 5.97 Å². The molecule has 2 aromatic rings. The number of hydrogen-bond donors (Lipinski definition) is 0. The standard InChI is InChI=1S/C22H23N3O6/c1-15-12-16-4-2-3-5-18(16)24(15)21(26)14-31-22(27)17-6-7-19(20(13-17)25(28)29)23-8-10-30-11-9-23/h2-7,13,15H,8-12,14H2,1H3. The zero-order valence-electron chi connectivity index (χ0n) is 17.2. The lowest BCUT2D eigenvalue weighted by molar-refractivity contribution is -0.384. The summed E-state index contributed by atoms with van der Waals surface area (Å²) in [5, 5.41) is 11.6. The lowest BCUT2D eigenvalue weighted by Gasteiger charge is -2.28. The lowest BCUT2D eigenvalue weighted by Crippen LogP contribution is -2.38. The van der Waals surface area contributed by atoms with Crippen molar-refractivity contribution < 1.29 is 24.0 Å². The maximum atomic E-state index is 12.7. The van der Waals surface area contributed by atoms with Crippen LogP contribution in [-0.2, 0) is 20.7 Å². The first-order valence-corrected chi connectivity index (χ1v) is 10.1. The molecule has 0 saturated carbocycles. The molecular weight excluding hydrogens is 402 g/mol. The molecule has 0 bridgehead atoms. The van der Waals surface area contributed by atoms with Gasteiger partial charge in [-0.2, -0.15) is 0 Å². The predicted molar refractivity (Wildman–Crippen MR) is 114 cm³/mol. The van der Waals surface area contributed by atoms with Crippen LogP contribution < -0.4 is 9.80 Å². The van der Waals surface area contributed by atoms with Gasteiger partial charge in [-0.05, 0) is 37.1 Å². The zero-order valence-corrected chi connectivity index (χ0v) is 17.2. The quantitative estimate of drug-likeness (QED) is 0.412. The smallest absolute Gasteiger partial charge is 0.338 e. The number of nitro benzene ring substituents is 1. The van der Waals surface area contributed by atoms with Crippen LogP contribution in [0.4, 0.5) is 17.1 Å². The van der Waals surface area contributed by atoms with Crippen molar-refractivity contribution in [1.82, 2.24) is 0 Å². The van der Waals surface area contributed by atoms with Crippen molar-refractivity contribution in [2.24, 2.45) is 0 Å². The first-order valence-electron chi connectivity index (χ1n) is 10.1. The average Bonchev–Trinajstić information content (AvgIpc) is 3.13. The van der Waals surface area contributed by atoms with Crippen molar-refractivity contribution in [2.45, 2.75) is 19.4 Å². The number of para-hydroxylation sites is 1. The number of rotatable bonds is 5. The van der Waals surface area contributed by atoms with E-state index in [9.17, 15) is 19.7 Å². The van der Waals surface area contributed by atoms with E-state index in [1.807, 2.05) is 36.1 Å². The number of carbonyl (C=O) groups is 2. The van der Waals surface area contributed by atoms with E-state index < -0.39 is 17.5 Å². The van der Waals surface area contributed by atoms with Gasteiger partial charge in [-0.1, -0.05) is 18.2 Å². The number of amides is 1. The molecule has 1 unspecified atom stereocenters. The van der Waals surface area contributed by atoms with Crippen LogP contribution in [0.5, 0.6) is 0 Å². The number of esters is 1. The van der Waals surface area contributed by atoms with Crippen molar-refractivity contribution in [1.29, 1.82) is 0 Å². The van der Waals surface area contributed by atoms with E-state index >= 15 is 0 Å². The molecule has 0 radical (unpaired) electrons. The third-order valence-electron chi connectivity index (χ3n) is 5.56. The van der Waals surface area contributed by atoms with Crippen molar-refractivity contribution in [3.05, 3.63) is 63.7 Å². The van der Waals surface area contributed by atoms with Gasteiger partial charge in [0.25, 0.3) is 11.6 Å². The molecular formula is C22H23N3O6. The Morgan fingerprint density at radius 1 is 1.16 bits per heavy atom. The number of fused-ring (bicyclic) bond motifs is 1. The van der Waals surface area contributed by atoms with Crippen molar-refractivity contribution >= 4 is 28.9 Å². The molecule has 0 aliphatic carbocycles. The van der Waals surface area contributed by atoms with Crippen LogP contribution >= 0.6 is 0 Å². The summed E-state index contributed by atoms with van der Waals surface area (Å²) in [6.45, 7) is 3.55. The highest BCUT2D eigenvalue weighted by molar-refractivity contribution is 5.99. The monoisotopic (exact) mass is 425 g/mol. The fourth-order valence-corrected chi connectivity index (χ4v) is 4.09. The van der Waals surface area contributed by atoms with Gasteiger partial charge in [0.2, 0.25) is 0 Å². The summed E-state index contributed by atoms with van der Waals surface area (Å²) in [5.74, 6) is -1.10. The number of nitro groups is 1. The van der Waals surface area contributed by atoms with Gasteiger partial charge in [-0.25, -0.2) is 4.79 Å². The number of benzene rings is 2. The van der Waals surface area contributed by atoms with Crippen LogP contribution in [0, 0.1) is 10.1 Å². The van der Waals surface area contributed by atoms with Gasteiger partial charge in [0, 0.05) is 30.9 Å². The number of anilines is 2. The Hall–Kier alpha value is -3.46. The van der Waals surface area contributed by atoms with Crippen molar-refractivity contribution in [3.63, 3.8) is 0 Å². The maximum absolute atomic E-state index is 12.7. The highest BCUT2D eigenvalue weighted by atomic mass is 16.6. The molecule has 9 heteroatoms. The highest BCUT2D eigenvalue weighted by Crippen LogP contribution is 2.32. The number of nitrogens with zero attached hydrogens (tertiary/aromatic N) is 3. The van der Waals surface area contributed by atoms with Gasteiger partial charge in [0.1, 0.15) is 5.69 Å². The molecule has 1 amide bonds. The second-order valence-corrected chi connectivity index (χ2v) is 7.58. The van der Waals surface area contributed by atoms with E-state index in [-0.39, 0.29) is 23.2 Å². The summed E-state index contributed by atoms with van der Waals surface area (Å²) in [7, 11) is 0. The fourth-order valence-electron chi connectivity index (χ4n) is 4.09. The molecule has 0 spiro atoms. The Morgan fingerprint density at radius 3 is 2.65 bits per heavy atom. The third kappa shape index (κ3) is 4.22. The molecule has 4 rings (SSSR count). The second kappa shape index (κ2) is 8.73. The number of ether oxygens (including phenoxy) is 2. The summed E-state index contributed by atoms with van der Waals surface area (Å²) in [6, 6.07) is 11.8. The van der Waals surface area contributed by atoms with E-state index in [1.165, 1.54) is 12.1 Å². The number of morpholine rings is 1. The van der Waals surface area contributed by atoms with Crippen LogP contribution in [0.15, 0.2) is 42.5 Å². The molecule has 1 fully saturated rings. The molecule has 31 heavy (non-hydrogen) atoms. The van der Waals surface area contributed by atoms with Crippen LogP contribution in [0.25, 0.3) is 0 Å². The van der Waals surface area contributed by atoms with Crippen LogP contribution in [-0.4, -0.2) is 55.8 Å². The topological polar surface area (TPSA) is 102 Å². The normalized spacial score (nSPS) is 17.9. The molecule has 2 aliphatic heterocycles. The van der Waals surface area contributed by atoms with Crippen molar-refractivity contribution in [2.75, 3.05) is 42.7 Å². The van der Waals surface area contributed by atoms with E-state index in [0.717, 1.165) is 17.7 Å². The molecule has 162 valence electrons. The third-order valence-corrected chi connectivity index (χ3v) is 5.56. The molecule has 0 N–H and O–H groups in total. The van der Waals surface area contributed by atoms with Crippen LogP contribution in [0.1, 0.15) is 22.8 Å². The molecule has 1 saturated heterocycles. The first kappa shape index (κ1) is 20.8. The molecule has 2 aromatic carbocycles. The summed E-state index contributed by atoms with van der Waals surface area (Å²) < 4.78 is 10.5. The van der Waals surface area contributed by atoms with Gasteiger partial charge in [-0.3, -0.25) is 14.9 Å². The van der Waals surface area contributed by atoms with Gasteiger partial charge in [0.05, 0.1) is 23.7 Å². The minimum absolute atomic E-state index is 0.0301. The molecule has 0 aromatic heterocycles. The minimum atomic E-state index is -0.773. The Labute approximate surface area is 179 Å². The minimum Gasteiger partial charge on any atom is -0.452 e. The van der Waals surface area contributed by atoms with Gasteiger partial charge in [0.15, 0.2) is 6.61 Å². The Bertz CT molecular complexity index is 1020. The Morgan fingerprint density at radius 2 is 1.90 bits per heavy atom. The molecule has 2 heterocycles. The SMILES string of the molecule is CC1Cc2ccccc2N1C(=O)COC(=O)c1ccc(N2CCOCC2)c([N+](=O)[O-])c1. The molecule has 2 aliphatic rings. The number of hydrogen-bond acceptors (Lipinski definition) is 7. The summed E-state index contributed by atoms with van der Waals surface area (Å²) in [5.41, 5.74) is 2.19. The number of carbonyl (C=O) groups excluding carboxylic acids is 2. The predicted octanol–water partition coefficient (Wildman–Crippen LogP) is 2.57.